The molecule has 1 fully saturated rings. The van der Waals surface area contributed by atoms with Crippen LogP contribution in [0.3, 0.4) is 0 Å². The first kappa shape index (κ1) is 13.4. The Kier molecular flexibility index (Phi) is 3.34. The molecule has 3 aromatic rings. The van der Waals surface area contributed by atoms with E-state index in [1.165, 1.54) is 36.2 Å². The van der Waals surface area contributed by atoms with E-state index in [0.717, 1.165) is 17.7 Å². The Hall–Kier alpha value is -2.29. The minimum Gasteiger partial charge on any atom is -0.497 e. The molecule has 1 saturated carbocycles. The molecule has 0 unspecified atom stereocenters. The molecule has 4 rings (SSSR count). The Morgan fingerprint density at radius 3 is 2.55 bits per heavy atom. The lowest BCUT2D eigenvalue weighted by atomic mass is 9.92. The van der Waals surface area contributed by atoms with Gasteiger partial charge in [-0.3, -0.25) is 0 Å². The Bertz CT molecular complexity index is 785. The fourth-order valence-corrected chi connectivity index (χ4v) is 3.20. The molecule has 0 saturated heterocycles. The Morgan fingerprint density at radius 2 is 1.86 bits per heavy atom. The molecule has 1 aromatic heterocycles. The number of fused-ring (bicyclic) bond motifs is 1. The maximum absolute atomic E-state index is 5.24. The molecule has 0 bridgehead atoms. The van der Waals surface area contributed by atoms with Gasteiger partial charge in [-0.1, -0.05) is 24.3 Å². The van der Waals surface area contributed by atoms with Gasteiger partial charge < -0.3 is 9.30 Å². The smallest absolute Gasteiger partial charge is 0.118 e. The van der Waals surface area contributed by atoms with E-state index in [4.69, 9.17) is 9.72 Å². The first-order valence-corrected chi connectivity index (χ1v) is 7.94. The summed E-state index contributed by atoms with van der Waals surface area (Å²) in [5.41, 5.74) is 3.66. The van der Waals surface area contributed by atoms with Crippen LogP contribution in [0.4, 0.5) is 0 Å². The summed E-state index contributed by atoms with van der Waals surface area (Å²) in [6.45, 7) is 0. The number of hydrogen-bond acceptors (Lipinski definition) is 2. The minimum atomic E-state index is 0.626. The van der Waals surface area contributed by atoms with Crippen LogP contribution in [0.5, 0.6) is 5.75 Å². The summed E-state index contributed by atoms with van der Waals surface area (Å²) in [6.07, 6.45) is 4.75. The molecule has 0 aliphatic heterocycles. The lowest BCUT2D eigenvalue weighted by molar-refractivity contribution is 0.314. The average Bonchev–Trinajstić information content (AvgIpc) is 2.85. The molecular formula is C19H20N2O. The SMILES string of the molecule is COc1ccc(Cc2nc3ccccc3n2C2CCC2)cc1. The molecule has 0 spiro atoms. The highest BCUT2D eigenvalue weighted by atomic mass is 16.5. The third-order valence-corrected chi connectivity index (χ3v) is 4.63. The van der Waals surface area contributed by atoms with Gasteiger partial charge in [-0.05, 0) is 49.1 Å². The average molecular weight is 292 g/mol. The molecular weight excluding hydrogens is 272 g/mol. The summed E-state index contributed by atoms with van der Waals surface area (Å²) in [5, 5.41) is 0. The Morgan fingerprint density at radius 1 is 1.09 bits per heavy atom. The lowest BCUT2D eigenvalue weighted by Gasteiger charge is -2.29. The van der Waals surface area contributed by atoms with Crippen molar-refractivity contribution >= 4 is 11.0 Å². The Balaban J connectivity index is 1.73. The molecule has 0 radical (unpaired) electrons. The molecule has 1 aliphatic carbocycles. The van der Waals surface area contributed by atoms with Crippen molar-refractivity contribution in [2.75, 3.05) is 7.11 Å². The van der Waals surface area contributed by atoms with Crippen molar-refractivity contribution < 1.29 is 4.74 Å². The van der Waals surface area contributed by atoms with Crippen LogP contribution in [-0.4, -0.2) is 16.7 Å². The number of para-hydroxylation sites is 2. The zero-order valence-electron chi connectivity index (χ0n) is 12.8. The van der Waals surface area contributed by atoms with Gasteiger partial charge in [0.05, 0.1) is 18.1 Å². The minimum absolute atomic E-state index is 0.626. The molecule has 2 aromatic carbocycles. The van der Waals surface area contributed by atoms with Gasteiger partial charge in [0.25, 0.3) is 0 Å². The van der Waals surface area contributed by atoms with Gasteiger partial charge in [-0.15, -0.1) is 0 Å². The fourth-order valence-electron chi connectivity index (χ4n) is 3.20. The Labute approximate surface area is 130 Å². The van der Waals surface area contributed by atoms with Crippen molar-refractivity contribution in [3.8, 4) is 5.75 Å². The highest BCUT2D eigenvalue weighted by molar-refractivity contribution is 5.76. The third kappa shape index (κ3) is 2.27. The van der Waals surface area contributed by atoms with Crippen molar-refractivity contribution in [1.29, 1.82) is 0 Å². The zero-order valence-corrected chi connectivity index (χ0v) is 12.8. The second kappa shape index (κ2) is 5.48. The predicted octanol–water partition coefficient (Wildman–Crippen LogP) is 4.36. The van der Waals surface area contributed by atoms with Crippen molar-refractivity contribution in [3.05, 3.63) is 59.9 Å². The number of hydrogen-bond donors (Lipinski definition) is 0. The second-order valence-electron chi connectivity index (χ2n) is 6.00. The molecule has 1 heterocycles. The number of benzene rings is 2. The largest absolute Gasteiger partial charge is 0.497 e. The van der Waals surface area contributed by atoms with Gasteiger partial charge in [0.15, 0.2) is 0 Å². The summed E-state index contributed by atoms with van der Waals surface area (Å²) >= 11 is 0. The van der Waals surface area contributed by atoms with E-state index in [0.29, 0.717) is 6.04 Å². The van der Waals surface area contributed by atoms with Gasteiger partial charge >= 0.3 is 0 Å². The summed E-state index contributed by atoms with van der Waals surface area (Å²) < 4.78 is 7.70. The maximum Gasteiger partial charge on any atom is 0.118 e. The van der Waals surface area contributed by atoms with Gasteiger partial charge in [0.1, 0.15) is 11.6 Å². The van der Waals surface area contributed by atoms with Gasteiger partial charge in [-0.2, -0.15) is 0 Å². The van der Waals surface area contributed by atoms with Crippen LogP contribution in [0, 0.1) is 0 Å². The third-order valence-electron chi connectivity index (χ3n) is 4.63. The molecule has 1 aliphatic rings. The standard InChI is InChI=1S/C19H20N2O/c1-22-16-11-9-14(10-12-16)13-19-20-17-7-2-3-8-18(17)21(19)15-5-4-6-15/h2-3,7-12,15H,4-6,13H2,1H3. The van der Waals surface area contributed by atoms with Crippen LogP contribution in [0.2, 0.25) is 0 Å². The summed E-state index contributed by atoms with van der Waals surface area (Å²) in [5.74, 6) is 2.08. The first-order valence-electron chi connectivity index (χ1n) is 7.94. The number of nitrogens with zero attached hydrogens (tertiary/aromatic N) is 2. The van der Waals surface area contributed by atoms with Crippen molar-refractivity contribution in [1.82, 2.24) is 9.55 Å². The normalized spacial score (nSPS) is 15.0. The lowest BCUT2D eigenvalue weighted by Crippen LogP contribution is -2.19. The number of imidazole rings is 1. The monoisotopic (exact) mass is 292 g/mol. The van der Waals surface area contributed by atoms with E-state index in [9.17, 15) is 0 Å². The topological polar surface area (TPSA) is 27.1 Å². The fraction of sp³-hybridized carbons (Fsp3) is 0.316. The van der Waals surface area contributed by atoms with E-state index in [2.05, 4.69) is 41.0 Å². The molecule has 0 atom stereocenters. The second-order valence-corrected chi connectivity index (χ2v) is 6.00. The van der Waals surface area contributed by atoms with E-state index in [1.807, 2.05) is 12.1 Å². The van der Waals surface area contributed by atoms with Crippen LogP contribution in [-0.2, 0) is 6.42 Å². The molecule has 112 valence electrons. The maximum atomic E-state index is 5.24. The first-order chi connectivity index (χ1) is 10.8. The molecule has 3 nitrogen and oxygen atoms in total. The molecule has 3 heteroatoms. The van der Waals surface area contributed by atoms with Crippen molar-refractivity contribution in [2.45, 2.75) is 31.7 Å². The summed E-state index contributed by atoms with van der Waals surface area (Å²) in [7, 11) is 1.70. The predicted molar refractivity (Wildman–Crippen MR) is 88.4 cm³/mol. The van der Waals surface area contributed by atoms with Crippen LogP contribution in [0.25, 0.3) is 11.0 Å². The van der Waals surface area contributed by atoms with E-state index in [-0.39, 0.29) is 0 Å². The van der Waals surface area contributed by atoms with Crippen LogP contribution < -0.4 is 4.74 Å². The quantitative estimate of drug-likeness (QED) is 0.714. The van der Waals surface area contributed by atoms with Crippen LogP contribution in [0.15, 0.2) is 48.5 Å². The van der Waals surface area contributed by atoms with Gasteiger partial charge in [0, 0.05) is 12.5 Å². The molecule has 0 N–H and O–H groups in total. The summed E-state index contributed by atoms with van der Waals surface area (Å²) in [6, 6.07) is 17.4. The van der Waals surface area contributed by atoms with Gasteiger partial charge in [0.2, 0.25) is 0 Å². The van der Waals surface area contributed by atoms with E-state index in [1.54, 1.807) is 7.11 Å². The van der Waals surface area contributed by atoms with E-state index >= 15 is 0 Å². The number of methoxy groups -OCH3 is 1. The van der Waals surface area contributed by atoms with E-state index < -0.39 is 0 Å². The number of ether oxygens (including phenoxy) is 1. The van der Waals surface area contributed by atoms with Crippen molar-refractivity contribution in [2.24, 2.45) is 0 Å². The molecule has 22 heavy (non-hydrogen) atoms. The number of aromatic nitrogens is 2. The highest BCUT2D eigenvalue weighted by Crippen LogP contribution is 2.36. The van der Waals surface area contributed by atoms with Crippen LogP contribution in [0.1, 0.15) is 36.7 Å². The van der Waals surface area contributed by atoms with Crippen molar-refractivity contribution in [3.63, 3.8) is 0 Å². The summed E-state index contributed by atoms with van der Waals surface area (Å²) in [4.78, 5) is 4.89. The zero-order chi connectivity index (χ0) is 14.9. The number of rotatable bonds is 4. The molecule has 0 amide bonds. The van der Waals surface area contributed by atoms with Crippen LogP contribution >= 0.6 is 0 Å². The van der Waals surface area contributed by atoms with Gasteiger partial charge in [-0.25, -0.2) is 4.98 Å². The highest BCUT2D eigenvalue weighted by Gasteiger charge is 2.24.